The zero-order valence-electron chi connectivity index (χ0n) is 12.0. The maximum absolute atomic E-state index is 9.58. The van der Waals surface area contributed by atoms with E-state index in [-0.39, 0.29) is 11.8 Å². The molecule has 0 aliphatic carbocycles. The van der Waals surface area contributed by atoms with E-state index in [1.54, 1.807) is 0 Å². The molecule has 0 spiro atoms. The maximum atomic E-state index is 9.58. The third kappa shape index (κ3) is 2.06. The van der Waals surface area contributed by atoms with Gasteiger partial charge in [-0.15, -0.1) is 0 Å². The van der Waals surface area contributed by atoms with Crippen LogP contribution in [0.4, 0.5) is 0 Å². The molecular weight excluding hydrogens is 310 g/mol. The van der Waals surface area contributed by atoms with E-state index < -0.39 is 0 Å². The van der Waals surface area contributed by atoms with Crippen molar-refractivity contribution < 1.29 is 4.74 Å². The average molecular weight is 322 g/mol. The Labute approximate surface area is 137 Å². The summed E-state index contributed by atoms with van der Waals surface area (Å²) in [4.78, 5) is 3.23. The Morgan fingerprint density at radius 3 is 2.83 bits per heavy atom. The highest BCUT2D eigenvalue weighted by Crippen LogP contribution is 2.44. The van der Waals surface area contributed by atoms with E-state index >= 15 is 0 Å². The number of nitrogens with one attached hydrogen (secondary N) is 1. The van der Waals surface area contributed by atoms with Crippen molar-refractivity contribution in [3.8, 4) is 11.8 Å². The second-order valence-corrected chi connectivity index (χ2v) is 5.83. The van der Waals surface area contributed by atoms with Crippen LogP contribution >= 0.6 is 11.6 Å². The summed E-state index contributed by atoms with van der Waals surface area (Å²) in [6.45, 7) is 0. The topological polar surface area (TPSA) is 74.8 Å². The van der Waals surface area contributed by atoms with Crippen LogP contribution in [0.25, 0.3) is 10.9 Å². The number of hydrogen-bond donors (Lipinski definition) is 2. The Bertz CT molecular complexity index is 997. The molecular formula is C18H12ClN3O. The molecule has 3 N–H and O–H groups in total. The standard InChI is InChI=1S/C18H12ClN3O/c19-10-5-6-15-12(7-10)14(9-22-15)17-11-3-1-2-4-16(11)23-18(21)13(17)8-20/h1-7,9,17,22H,21H2. The van der Waals surface area contributed by atoms with Crippen LogP contribution in [0.3, 0.4) is 0 Å². The number of halogens is 1. The number of para-hydroxylation sites is 1. The highest BCUT2D eigenvalue weighted by Gasteiger charge is 2.31. The van der Waals surface area contributed by atoms with Gasteiger partial charge < -0.3 is 15.5 Å². The van der Waals surface area contributed by atoms with Gasteiger partial charge in [-0.05, 0) is 29.8 Å². The molecule has 0 saturated heterocycles. The first-order valence-electron chi connectivity index (χ1n) is 7.12. The van der Waals surface area contributed by atoms with Gasteiger partial charge in [-0.2, -0.15) is 5.26 Å². The van der Waals surface area contributed by atoms with E-state index in [1.165, 1.54) is 0 Å². The van der Waals surface area contributed by atoms with Gasteiger partial charge in [-0.3, -0.25) is 0 Å². The molecule has 1 unspecified atom stereocenters. The molecule has 2 heterocycles. The summed E-state index contributed by atoms with van der Waals surface area (Å²) < 4.78 is 5.60. The molecule has 0 saturated carbocycles. The first-order chi connectivity index (χ1) is 11.2. The van der Waals surface area contributed by atoms with Crippen LogP contribution in [-0.4, -0.2) is 4.98 Å². The van der Waals surface area contributed by atoms with Crippen LogP contribution < -0.4 is 10.5 Å². The van der Waals surface area contributed by atoms with E-state index in [0.717, 1.165) is 22.0 Å². The predicted molar refractivity (Wildman–Crippen MR) is 89.0 cm³/mol. The zero-order chi connectivity index (χ0) is 16.0. The Kier molecular flexibility index (Phi) is 3.03. The summed E-state index contributed by atoms with van der Waals surface area (Å²) in [5.41, 5.74) is 9.21. The third-order valence-corrected chi connectivity index (χ3v) is 4.35. The number of rotatable bonds is 1. The first kappa shape index (κ1) is 13.7. The summed E-state index contributed by atoms with van der Waals surface area (Å²) in [5.74, 6) is 0.537. The third-order valence-electron chi connectivity index (χ3n) is 4.11. The minimum atomic E-state index is -0.280. The number of H-pyrrole nitrogens is 1. The number of benzene rings is 2. The smallest absolute Gasteiger partial charge is 0.205 e. The molecule has 5 heteroatoms. The normalized spacial score (nSPS) is 16.8. The fraction of sp³-hybridized carbons (Fsp3) is 0.0556. The number of ether oxygens (including phenoxy) is 1. The van der Waals surface area contributed by atoms with Gasteiger partial charge in [0.2, 0.25) is 5.88 Å². The van der Waals surface area contributed by atoms with E-state index in [1.807, 2.05) is 48.7 Å². The molecule has 4 nitrogen and oxygen atoms in total. The molecule has 3 aromatic rings. The number of aromatic nitrogens is 1. The second-order valence-electron chi connectivity index (χ2n) is 5.40. The van der Waals surface area contributed by atoms with Crippen LogP contribution in [0, 0.1) is 11.3 Å². The zero-order valence-corrected chi connectivity index (χ0v) is 12.8. The van der Waals surface area contributed by atoms with E-state index in [9.17, 15) is 5.26 Å². The fourth-order valence-electron chi connectivity index (χ4n) is 3.08. The summed E-state index contributed by atoms with van der Waals surface area (Å²) in [6, 6.07) is 15.5. The van der Waals surface area contributed by atoms with Gasteiger partial charge in [0.15, 0.2) is 0 Å². The van der Waals surface area contributed by atoms with E-state index in [2.05, 4.69) is 11.1 Å². The summed E-state index contributed by atoms with van der Waals surface area (Å²) in [6.07, 6.45) is 1.90. The maximum Gasteiger partial charge on any atom is 0.205 e. The number of fused-ring (bicyclic) bond motifs is 2. The number of nitriles is 1. The lowest BCUT2D eigenvalue weighted by molar-refractivity contribution is 0.394. The van der Waals surface area contributed by atoms with Crippen LogP contribution in [0.2, 0.25) is 5.02 Å². The Balaban J connectivity index is 2.02. The monoisotopic (exact) mass is 321 g/mol. The highest BCUT2D eigenvalue weighted by atomic mass is 35.5. The minimum absolute atomic E-state index is 0.146. The number of allylic oxidation sites excluding steroid dienone is 1. The van der Waals surface area contributed by atoms with Crippen LogP contribution in [0.1, 0.15) is 17.0 Å². The van der Waals surface area contributed by atoms with Crippen molar-refractivity contribution in [3.63, 3.8) is 0 Å². The fourth-order valence-corrected chi connectivity index (χ4v) is 3.25. The number of nitrogens with zero attached hydrogens (tertiary/aromatic N) is 1. The lowest BCUT2D eigenvalue weighted by atomic mass is 9.83. The molecule has 1 aliphatic heterocycles. The van der Waals surface area contributed by atoms with Gasteiger partial charge in [0, 0.05) is 27.7 Å². The summed E-state index contributed by atoms with van der Waals surface area (Å²) in [5, 5.41) is 11.2. The van der Waals surface area contributed by atoms with Crippen molar-refractivity contribution >= 4 is 22.5 Å². The van der Waals surface area contributed by atoms with Gasteiger partial charge in [0.1, 0.15) is 17.4 Å². The van der Waals surface area contributed by atoms with Crippen LogP contribution in [-0.2, 0) is 0 Å². The molecule has 1 aliphatic rings. The van der Waals surface area contributed by atoms with Gasteiger partial charge in [-0.1, -0.05) is 29.8 Å². The SMILES string of the molecule is N#CC1=C(N)Oc2ccccc2C1c1c[nH]c2ccc(Cl)cc12. The van der Waals surface area contributed by atoms with Crippen LogP contribution in [0.15, 0.2) is 60.1 Å². The second kappa shape index (κ2) is 5.08. The highest BCUT2D eigenvalue weighted by molar-refractivity contribution is 6.31. The van der Waals surface area contributed by atoms with Crippen molar-refractivity contribution in [3.05, 3.63) is 76.3 Å². The molecule has 1 aromatic heterocycles. The number of nitrogens with two attached hydrogens (primary N) is 1. The molecule has 0 amide bonds. The Morgan fingerprint density at radius 1 is 1.17 bits per heavy atom. The molecule has 23 heavy (non-hydrogen) atoms. The van der Waals surface area contributed by atoms with Crippen LogP contribution in [0.5, 0.6) is 5.75 Å². The van der Waals surface area contributed by atoms with Crippen molar-refractivity contribution in [2.75, 3.05) is 0 Å². The Morgan fingerprint density at radius 2 is 2.00 bits per heavy atom. The lowest BCUT2D eigenvalue weighted by Gasteiger charge is -2.25. The Hall–Kier alpha value is -2.90. The lowest BCUT2D eigenvalue weighted by Crippen LogP contribution is -2.20. The molecule has 0 radical (unpaired) electrons. The van der Waals surface area contributed by atoms with Crippen molar-refractivity contribution in [2.45, 2.75) is 5.92 Å². The van der Waals surface area contributed by atoms with Gasteiger partial charge in [0.25, 0.3) is 0 Å². The summed E-state index contributed by atoms with van der Waals surface area (Å²) in [7, 11) is 0. The van der Waals surface area contributed by atoms with Gasteiger partial charge >= 0.3 is 0 Å². The number of hydrogen-bond acceptors (Lipinski definition) is 3. The summed E-state index contributed by atoms with van der Waals surface area (Å²) >= 11 is 6.15. The first-order valence-corrected chi connectivity index (χ1v) is 7.50. The molecule has 4 rings (SSSR count). The molecule has 112 valence electrons. The van der Waals surface area contributed by atoms with Gasteiger partial charge in [0.05, 0.1) is 5.92 Å². The molecule has 2 aromatic carbocycles. The number of aromatic amines is 1. The van der Waals surface area contributed by atoms with Crippen molar-refractivity contribution in [2.24, 2.45) is 5.73 Å². The van der Waals surface area contributed by atoms with E-state index in [0.29, 0.717) is 16.3 Å². The average Bonchev–Trinajstić information content (AvgIpc) is 2.96. The van der Waals surface area contributed by atoms with Crippen molar-refractivity contribution in [1.82, 2.24) is 4.98 Å². The van der Waals surface area contributed by atoms with Crippen molar-refractivity contribution in [1.29, 1.82) is 5.26 Å². The molecule has 1 atom stereocenters. The van der Waals surface area contributed by atoms with E-state index in [4.69, 9.17) is 22.1 Å². The molecule has 0 fully saturated rings. The predicted octanol–water partition coefficient (Wildman–Crippen LogP) is 4.04. The largest absolute Gasteiger partial charge is 0.440 e. The molecule has 0 bridgehead atoms. The van der Waals surface area contributed by atoms with Gasteiger partial charge in [-0.25, -0.2) is 0 Å². The quantitative estimate of drug-likeness (QED) is 0.710. The minimum Gasteiger partial charge on any atom is -0.440 e.